The molecule has 0 radical (unpaired) electrons. The van der Waals surface area contributed by atoms with E-state index in [1.165, 1.54) is 0 Å². The van der Waals surface area contributed by atoms with Crippen molar-refractivity contribution in [3.8, 4) is 0 Å². The number of hydrogen-bond donors (Lipinski definition) is 2. The van der Waals surface area contributed by atoms with Gasteiger partial charge in [0.2, 0.25) is 0 Å². The van der Waals surface area contributed by atoms with E-state index in [4.69, 9.17) is 10.8 Å². The summed E-state index contributed by atoms with van der Waals surface area (Å²) in [5, 5.41) is 8.60. The molecule has 0 rings (SSSR count). The summed E-state index contributed by atoms with van der Waals surface area (Å²) in [6.45, 7) is 6.86. The summed E-state index contributed by atoms with van der Waals surface area (Å²) in [6, 6.07) is 0. The predicted molar refractivity (Wildman–Crippen MR) is 38.9 cm³/mol. The molecule has 0 unspecified atom stereocenters. The van der Waals surface area contributed by atoms with Crippen LogP contribution in [0, 0.1) is 0 Å². The Bertz CT molecular complexity index is 104. The van der Waals surface area contributed by atoms with Crippen LogP contribution in [0.1, 0.15) is 19.3 Å². The summed E-state index contributed by atoms with van der Waals surface area (Å²) in [4.78, 5) is 0. The van der Waals surface area contributed by atoms with Crippen LogP contribution in [0.5, 0.6) is 0 Å². The van der Waals surface area contributed by atoms with E-state index in [0.29, 0.717) is 12.1 Å². The Kier molecular flexibility index (Phi) is 3.60. The third-order valence-electron chi connectivity index (χ3n) is 0.963. The van der Waals surface area contributed by atoms with Gasteiger partial charge >= 0.3 is 0 Å². The lowest BCUT2D eigenvalue weighted by atomic mass is 10.2. The van der Waals surface area contributed by atoms with Gasteiger partial charge in [-0.3, -0.25) is 0 Å². The van der Waals surface area contributed by atoms with Gasteiger partial charge in [-0.15, -0.1) is 0 Å². The summed E-state index contributed by atoms with van der Waals surface area (Å²) in [6.07, 6.45) is 2.22. The highest BCUT2D eigenvalue weighted by Crippen LogP contribution is 2.03. The van der Waals surface area contributed by atoms with Gasteiger partial charge in [-0.05, 0) is 12.8 Å². The number of rotatable bonds is 4. The van der Waals surface area contributed by atoms with E-state index >= 15 is 0 Å². The smallest absolute Gasteiger partial charge is 0.0851 e. The Morgan fingerprint density at radius 1 is 1.33 bits per heavy atom. The minimum atomic E-state index is 0.219. The van der Waals surface area contributed by atoms with Gasteiger partial charge in [-0.2, -0.15) is 0 Å². The van der Waals surface area contributed by atoms with E-state index in [1.54, 1.807) is 0 Å². The van der Waals surface area contributed by atoms with Crippen LogP contribution in [0.15, 0.2) is 24.6 Å². The molecule has 2 nitrogen and oxygen atoms in total. The molecule has 0 aromatic carbocycles. The van der Waals surface area contributed by atoms with Gasteiger partial charge in [0.25, 0.3) is 0 Å². The molecule has 52 valence electrons. The van der Waals surface area contributed by atoms with E-state index in [-0.39, 0.29) is 5.76 Å². The number of hydrogen-bond acceptors (Lipinski definition) is 2. The SMILES string of the molecule is C=C(N)CCCC(=C)O. The quantitative estimate of drug-likeness (QED) is 0.564. The third kappa shape index (κ3) is 7.08. The van der Waals surface area contributed by atoms with Gasteiger partial charge in [-0.1, -0.05) is 13.2 Å². The number of aliphatic hydroxyl groups excluding tert-OH is 1. The van der Waals surface area contributed by atoms with Gasteiger partial charge in [0.05, 0.1) is 5.76 Å². The van der Waals surface area contributed by atoms with Gasteiger partial charge in [0, 0.05) is 12.1 Å². The van der Waals surface area contributed by atoms with Crippen molar-refractivity contribution in [2.75, 3.05) is 0 Å². The van der Waals surface area contributed by atoms with Gasteiger partial charge in [0.1, 0.15) is 0 Å². The first-order chi connectivity index (χ1) is 4.13. The van der Waals surface area contributed by atoms with E-state index in [1.807, 2.05) is 0 Å². The van der Waals surface area contributed by atoms with Crippen LogP contribution in [-0.4, -0.2) is 5.11 Å². The van der Waals surface area contributed by atoms with Crippen LogP contribution < -0.4 is 5.73 Å². The summed E-state index contributed by atoms with van der Waals surface area (Å²) in [5.41, 5.74) is 5.94. The lowest BCUT2D eigenvalue weighted by Crippen LogP contribution is -1.94. The normalized spacial score (nSPS) is 8.89. The zero-order valence-corrected chi connectivity index (χ0v) is 5.56. The summed E-state index contributed by atoms with van der Waals surface area (Å²) < 4.78 is 0. The van der Waals surface area contributed by atoms with Crippen molar-refractivity contribution in [2.24, 2.45) is 5.73 Å². The van der Waals surface area contributed by atoms with Crippen molar-refractivity contribution in [1.82, 2.24) is 0 Å². The molecule has 3 N–H and O–H groups in total. The van der Waals surface area contributed by atoms with Crippen molar-refractivity contribution < 1.29 is 5.11 Å². The zero-order chi connectivity index (χ0) is 7.28. The Labute approximate surface area is 55.7 Å². The van der Waals surface area contributed by atoms with Gasteiger partial charge in [-0.25, -0.2) is 0 Å². The highest BCUT2D eigenvalue weighted by Gasteiger charge is 1.89. The average molecular weight is 127 g/mol. The minimum Gasteiger partial charge on any atom is -0.513 e. The standard InChI is InChI=1S/C7H13NO/c1-6(8)4-3-5-7(2)9/h9H,1-5,8H2. The Morgan fingerprint density at radius 3 is 2.22 bits per heavy atom. The molecule has 0 bridgehead atoms. The first-order valence-corrected chi connectivity index (χ1v) is 2.93. The predicted octanol–water partition coefficient (Wildman–Crippen LogP) is 1.70. The number of nitrogens with two attached hydrogens (primary N) is 1. The molecule has 0 atom stereocenters. The lowest BCUT2D eigenvalue weighted by Gasteiger charge is -1.97. The van der Waals surface area contributed by atoms with Gasteiger partial charge < -0.3 is 10.8 Å². The average Bonchev–Trinajstić information content (AvgIpc) is 1.63. The first kappa shape index (κ1) is 8.08. The second-order valence-corrected chi connectivity index (χ2v) is 2.08. The molecule has 0 amide bonds. The fourth-order valence-corrected chi connectivity index (χ4v) is 0.520. The van der Waals surface area contributed by atoms with Crippen molar-refractivity contribution in [3.05, 3.63) is 24.6 Å². The third-order valence-corrected chi connectivity index (χ3v) is 0.963. The summed E-state index contributed by atoms with van der Waals surface area (Å²) in [5.74, 6) is 0.219. The highest BCUT2D eigenvalue weighted by atomic mass is 16.3. The van der Waals surface area contributed by atoms with Crippen LogP contribution in [0.25, 0.3) is 0 Å². The molecule has 2 heteroatoms. The molecule has 9 heavy (non-hydrogen) atoms. The molecule has 0 spiro atoms. The van der Waals surface area contributed by atoms with Crippen molar-refractivity contribution in [2.45, 2.75) is 19.3 Å². The molecule has 0 aliphatic heterocycles. The lowest BCUT2D eigenvalue weighted by molar-refractivity contribution is 0.387. The van der Waals surface area contributed by atoms with E-state index in [9.17, 15) is 0 Å². The Hall–Kier alpha value is -0.920. The largest absolute Gasteiger partial charge is 0.513 e. The summed E-state index contributed by atoms with van der Waals surface area (Å²) in [7, 11) is 0. The van der Waals surface area contributed by atoms with E-state index < -0.39 is 0 Å². The molecule has 0 aromatic heterocycles. The van der Waals surface area contributed by atoms with Crippen molar-refractivity contribution >= 4 is 0 Å². The van der Waals surface area contributed by atoms with Crippen LogP contribution in [0.4, 0.5) is 0 Å². The molecule has 0 fully saturated rings. The van der Waals surface area contributed by atoms with Crippen LogP contribution >= 0.6 is 0 Å². The monoisotopic (exact) mass is 127 g/mol. The van der Waals surface area contributed by atoms with Crippen molar-refractivity contribution in [3.63, 3.8) is 0 Å². The molecular weight excluding hydrogens is 114 g/mol. The Balaban J connectivity index is 3.10. The molecule has 0 aromatic rings. The van der Waals surface area contributed by atoms with E-state index in [0.717, 1.165) is 12.8 Å². The molecule has 0 heterocycles. The summed E-state index contributed by atoms with van der Waals surface area (Å²) >= 11 is 0. The maximum Gasteiger partial charge on any atom is 0.0851 e. The van der Waals surface area contributed by atoms with Crippen LogP contribution in [0.2, 0.25) is 0 Å². The van der Waals surface area contributed by atoms with Crippen LogP contribution in [-0.2, 0) is 0 Å². The number of allylic oxidation sites excluding steroid dienone is 2. The molecule has 0 saturated heterocycles. The van der Waals surface area contributed by atoms with E-state index in [2.05, 4.69) is 13.2 Å². The maximum absolute atomic E-state index is 8.60. The second kappa shape index (κ2) is 4.01. The maximum atomic E-state index is 8.60. The number of aliphatic hydroxyl groups is 1. The highest BCUT2D eigenvalue weighted by molar-refractivity contribution is 4.88. The van der Waals surface area contributed by atoms with Crippen molar-refractivity contribution in [1.29, 1.82) is 0 Å². The molecule has 0 aliphatic rings. The Morgan fingerprint density at radius 2 is 1.89 bits per heavy atom. The second-order valence-electron chi connectivity index (χ2n) is 2.08. The van der Waals surface area contributed by atoms with Crippen LogP contribution in [0.3, 0.4) is 0 Å². The fraction of sp³-hybridized carbons (Fsp3) is 0.429. The fourth-order valence-electron chi connectivity index (χ4n) is 0.520. The van der Waals surface area contributed by atoms with Gasteiger partial charge in [0.15, 0.2) is 0 Å². The molecule has 0 aliphatic carbocycles. The first-order valence-electron chi connectivity index (χ1n) is 2.93. The topological polar surface area (TPSA) is 46.2 Å². The molecule has 0 saturated carbocycles. The molecular formula is C7H13NO. The zero-order valence-electron chi connectivity index (χ0n) is 5.56. The minimum absolute atomic E-state index is 0.219.